The van der Waals surface area contributed by atoms with Crippen LogP contribution in [0.15, 0.2) is 36.7 Å². The van der Waals surface area contributed by atoms with E-state index < -0.39 is 11.9 Å². The quantitative estimate of drug-likeness (QED) is 0.557. The van der Waals surface area contributed by atoms with E-state index in [2.05, 4.69) is 20.6 Å². The summed E-state index contributed by atoms with van der Waals surface area (Å²) >= 11 is 0. The fourth-order valence-electron chi connectivity index (χ4n) is 2.04. The number of nitrogens with zero attached hydrogens (tertiary/aromatic N) is 2. The molecule has 25 heavy (non-hydrogen) atoms. The Morgan fingerprint density at radius 2 is 1.92 bits per heavy atom. The van der Waals surface area contributed by atoms with E-state index in [9.17, 15) is 9.59 Å². The molecule has 0 saturated carbocycles. The highest BCUT2D eigenvalue weighted by Crippen LogP contribution is 2.17. The summed E-state index contributed by atoms with van der Waals surface area (Å²) in [7, 11) is 2.93. The number of ether oxygens (including phenoxy) is 2. The van der Waals surface area contributed by atoms with Crippen molar-refractivity contribution in [2.24, 2.45) is 0 Å². The van der Waals surface area contributed by atoms with Crippen LogP contribution in [0.3, 0.4) is 0 Å². The molecule has 2 rings (SSSR count). The fourth-order valence-corrected chi connectivity index (χ4v) is 2.04. The first-order valence-electron chi connectivity index (χ1n) is 7.69. The molecule has 0 saturated heterocycles. The van der Waals surface area contributed by atoms with E-state index in [1.165, 1.54) is 19.5 Å². The summed E-state index contributed by atoms with van der Waals surface area (Å²) in [4.78, 5) is 32.2. The predicted molar refractivity (Wildman–Crippen MR) is 92.7 cm³/mol. The summed E-state index contributed by atoms with van der Waals surface area (Å²) in [6, 6.07) is 6.58. The van der Waals surface area contributed by atoms with E-state index in [0.717, 1.165) is 6.42 Å². The van der Waals surface area contributed by atoms with Crippen molar-refractivity contribution in [3.8, 4) is 0 Å². The molecular formula is C17H20N4O4. The molecule has 0 spiro atoms. The molecule has 0 radical (unpaired) electrons. The van der Waals surface area contributed by atoms with Gasteiger partial charge in [-0.2, -0.15) is 0 Å². The summed E-state index contributed by atoms with van der Waals surface area (Å²) in [6.07, 6.45) is 3.69. The summed E-state index contributed by atoms with van der Waals surface area (Å²) in [5, 5.41) is 5.72. The normalized spacial score (nSPS) is 10.2. The number of esters is 1. The summed E-state index contributed by atoms with van der Waals surface area (Å²) < 4.78 is 9.66. The standard InChI is InChI=1S/C17H20N4O4/c1-24-9-5-8-18-15-11-19-14(10-20-15)16(22)21-13-7-4-3-6-12(13)17(23)25-2/h3-4,6-7,10-11H,5,8-9H2,1-2H3,(H,18,20)(H,21,22). The van der Waals surface area contributed by atoms with Gasteiger partial charge < -0.3 is 20.1 Å². The first kappa shape index (κ1) is 18.3. The molecule has 1 amide bonds. The SMILES string of the molecule is COCCCNc1cnc(C(=O)Nc2ccccc2C(=O)OC)cn1. The van der Waals surface area contributed by atoms with E-state index >= 15 is 0 Å². The number of hydrogen-bond donors (Lipinski definition) is 2. The Morgan fingerprint density at radius 1 is 1.12 bits per heavy atom. The van der Waals surface area contributed by atoms with Gasteiger partial charge >= 0.3 is 5.97 Å². The second-order valence-electron chi connectivity index (χ2n) is 5.05. The van der Waals surface area contributed by atoms with Crippen molar-refractivity contribution in [1.29, 1.82) is 0 Å². The second-order valence-corrected chi connectivity index (χ2v) is 5.05. The van der Waals surface area contributed by atoms with E-state index in [1.807, 2.05) is 0 Å². The van der Waals surface area contributed by atoms with Gasteiger partial charge in [-0.25, -0.2) is 14.8 Å². The molecule has 2 N–H and O–H groups in total. The third kappa shape index (κ3) is 5.25. The van der Waals surface area contributed by atoms with Gasteiger partial charge in [0.1, 0.15) is 11.5 Å². The van der Waals surface area contributed by atoms with Gasteiger partial charge in [0, 0.05) is 20.3 Å². The number of methoxy groups -OCH3 is 2. The van der Waals surface area contributed by atoms with E-state index in [1.54, 1.807) is 31.4 Å². The monoisotopic (exact) mass is 344 g/mol. The van der Waals surface area contributed by atoms with Crippen LogP contribution in [0, 0.1) is 0 Å². The Bertz CT molecular complexity index is 719. The van der Waals surface area contributed by atoms with Crippen LogP contribution in [0.2, 0.25) is 0 Å². The van der Waals surface area contributed by atoms with Gasteiger partial charge in [-0.15, -0.1) is 0 Å². The number of carbonyl (C=O) groups excluding carboxylic acids is 2. The summed E-state index contributed by atoms with van der Waals surface area (Å²) in [5.41, 5.74) is 0.757. The minimum absolute atomic E-state index is 0.141. The molecule has 0 aliphatic carbocycles. The molecule has 8 heteroatoms. The summed E-state index contributed by atoms with van der Waals surface area (Å²) in [5.74, 6) is -0.421. The lowest BCUT2D eigenvalue weighted by Gasteiger charge is -2.09. The van der Waals surface area contributed by atoms with Crippen LogP contribution in [0.4, 0.5) is 11.5 Å². The molecule has 1 aromatic heterocycles. The van der Waals surface area contributed by atoms with E-state index in [-0.39, 0.29) is 11.3 Å². The van der Waals surface area contributed by atoms with Crippen LogP contribution in [0.5, 0.6) is 0 Å². The van der Waals surface area contributed by atoms with E-state index in [0.29, 0.717) is 24.7 Å². The number of carbonyl (C=O) groups is 2. The van der Waals surface area contributed by atoms with Crippen LogP contribution in [0.25, 0.3) is 0 Å². The Hall–Kier alpha value is -3.00. The number of hydrogen-bond acceptors (Lipinski definition) is 7. The molecule has 2 aromatic rings. The van der Waals surface area contributed by atoms with Crippen molar-refractivity contribution >= 4 is 23.4 Å². The van der Waals surface area contributed by atoms with Crippen molar-refractivity contribution in [1.82, 2.24) is 9.97 Å². The number of aromatic nitrogens is 2. The van der Waals surface area contributed by atoms with Crippen molar-refractivity contribution in [2.75, 3.05) is 38.0 Å². The molecule has 0 bridgehead atoms. The largest absolute Gasteiger partial charge is 0.465 e. The lowest BCUT2D eigenvalue weighted by atomic mass is 10.1. The second kappa shape index (κ2) is 9.33. The van der Waals surface area contributed by atoms with Gasteiger partial charge in [-0.1, -0.05) is 12.1 Å². The van der Waals surface area contributed by atoms with Crippen molar-refractivity contribution < 1.29 is 19.1 Å². The van der Waals surface area contributed by atoms with Crippen molar-refractivity contribution in [3.63, 3.8) is 0 Å². The van der Waals surface area contributed by atoms with Gasteiger partial charge in [0.05, 0.1) is 30.8 Å². The van der Waals surface area contributed by atoms with Crippen LogP contribution in [0.1, 0.15) is 27.3 Å². The highest BCUT2D eigenvalue weighted by atomic mass is 16.5. The first-order chi connectivity index (χ1) is 12.2. The van der Waals surface area contributed by atoms with Gasteiger partial charge in [0.15, 0.2) is 0 Å². The van der Waals surface area contributed by atoms with E-state index in [4.69, 9.17) is 9.47 Å². The van der Waals surface area contributed by atoms with Crippen LogP contribution < -0.4 is 10.6 Å². The number of anilines is 2. The molecule has 0 fully saturated rings. The molecule has 1 heterocycles. The lowest BCUT2D eigenvalue weighted by molar-refractivity contribution is 0.0602. The topological polar surface area (TPSA) is 102 Å². The van der Waals surface area contributed by atoms with Gasteiger partial charge in [-0.3, -0.25) is 4.79 Å². The summed E-state index contributed by atoms with van der Waals surface area (Å²) in [6.45, 7) is 1.35. The average molecular weight is 344 g/mol. The third-order valence-electron chi connectivity index (χ3n) is 3.30. The Morgan fingerprint density at radius 3 is 2.60 bits per heavy atom. The fraction of sp³-hybridized carbons (Fsp3) is 0.294. The Balaban J connectivity index is 2.01. The number of nitrogens with one attached hydrogen (secondary N) is 2. The first-order valence-corrected chi connectivity index (χ1v) is 7.69. The predicted octanol–water partition coefficient (Wildman–Crippen LogP) is 1.96. The molecule has 0 unspecified atom stereocenters. The Labute approximate surface area is 145 Å². The molecular weight excluding hydrogens is 324 g/mol. The number of benzene rings is 1. The zero-order chi connectivity index (χ0) is 18.1. The van der Waals surface area contributed by atoms with Crippen molar-refractivity contribution in [2.45, 2.75) is 6.42 Å². The van der Waals surface area contributed by atoms with Crippen LogP contribution >= 0.6 is 0 Å². The number of para-hydroxylation sites is 1. The average Bonchev–Trinajstić information content (AvgIpc) is 2.65. The smallest absolute Gasteiger partial charge is 0.339 e. The van der Waals surface area contributed by atoms with Crippen molar-refractivity contribution in [3.05, 3.63) is 47.9 Å². The van der Waals surface area contributed by atoms with Gasteiger partial charge in [0.25, 0.3) is 5.91 Å². The maximum absolute atomic E-state index is 12.3. The molecule has 132 valence electrons. The highest BCUT2D eigenvalue weighted by molar-refractivity contribution is 6.06. The molecule has 0 aliphatic rings. The lowest BCUT2D eigenvalue weighted by Crippen LogP contribution is -2.17. The highest BCUT2D eigenvalue weighted by Gasteiger charge is 2.15. The van der Waals surface area contributed by atoms with Gasteiger partial charge in [0.2, 0.25) is 0 Å². The molecule has 0 aliphatic heterocycles. The minimum Gasteiger partial charge on any atom is -0.465 e. The zero-order valence-corrected chi connectivity index (χ0v) is 14.1. The number of rotatable bonds is 8. The zero-order valence-electron chi connectivity index (χ0n) is 14.1. The minimum atomic E-state index is -0.530. The van der Waals surface area contributed by atoms with Crippen LogP contribution in [-0.2, 0) is 9.47 Å². The Kier molecular flexibility index (Phi) is 6.85. The number of amides is 1. The van der Waals surface area contributed by atoms with Crippen LogP contribution in [-0.4, -0.2) is 49.2 Å². The van der Waals surface area contributed by atoms with Gasteiger partial charge in [-0.05, 0) is 18.6 Å². The molecule has 8 nitrogen and oxygen atoms in total. The maximum Gasteiger partial charge on any atom is 0.339 e. The molecule has 1 aromatic carbocycles. The maximum atomic E-state index is 12.3. The third-order valence-corrected chi connectivity index (χ3v) is 3.30. The molecule has 0 atom stereocenters.